The molecule has 2 aromatic rings. The van der Waals surface area contributed by atoms with E-state index >= 15 is 0 Å². The molecule has 10 heteroatoms. The van der Waals surface area contributed by atoms with Gasteiger partial charge < -0.3 is 20.9 Å². The maximum absolute atomic E-state index is 11.9. The van der Waals surface area contributed by atoms with Crippen LogP contribution >= 0.6 is 0 Å². The molecule has 0 aromatic carbocycles. The smallest absolute Gasteiger partial charge is 0.319 e. The molecule has 0 bridgehead atoms. The van der Waals surface area contributed by atoms with E-state index in [0.717, 1.165) is 0 Å². The molecule has 0 radical (unpaired) electrons. The van der Waals surface area contributed by atoms with Gasteiger partial charge in [0.1, 0.15) is 12.9 Å². The maximum atomic E-state index is 11.9. The number of aryl methyl sites for hydroxylation is 1. The number of aromatic nitrogens is 5. The van der Waals surface area contributed by atoms with Gasteiger partial charge in [0.15, 0.2) is 5.82 Å². The standard InChI is InChI=1S/C11H16N8O2/c1-7(10-17-13-6-18(10)2)15-11(21)16-8-3-14-19(4-8)5-9(12)20/h3-4,6-7H,5H2,1-2H3,(H2,12,20)(H2,15,16,21). The number of nitrogens with two attached hydrogens (primary N) is 1. The molecule has 10 nitrogen and oxygen atoms in total. The third kappa shape index (κ3) is 3.78. The fourth-order valence-corrected chi connectivity index (χ4v) is 1.79. The van der Waals surface area contributed by atoms with Gasteiger partial charge in [0.25, 0.3) is 0 Å². The Bertz CT molecular complexity index is 646. The second-order valence-corrected chi connectivity index (χ2v) is 4.51. The number of urea groups is 1. The molecule has 0 aliphatic carbocycles. The summed E-state index contributed by atoms with van der Waals surface area (Å²) in [5, 5.41) is 16.9. The highest BCUT2D eigenvalue weighted by Crippen LogP contribution is 2.09. The van der Waals surface area contributed by atoms with E-state index in [0.29, 0.717) is 11.5 Å². The van der Waals surface area contributed by atoms with Crippen molar-refractivity contribution >= 4 is 17.6 Å². The molecular weight excluding hydrogens is 276 g/mol. The van der Waals surface area contributed by atoms with Crippen LogP contribution in [0.3, 0.4) is 0 Å². The Labute approximate surface area is 120 Å². The summed E-state index contributed by atoms with van der Waals surface area (Å²) < 4.78 is 3.06. The zero-order valence-corrected chi connectivity index (χ0v) is 11.6. The summed E-state index contributed by atoms with van der Waals surface area (Å²) in [5.41, 5.74) is 5.51. The van der Waals surface area contributed by atoms with Gasteiger partial charge >= 0.3 is 6.03 Å². The zero-order valence-electron chi connectivity index (χ0n) is 11.6. The number of carbonyl (C=O) groups excluding carboxylic acids is 2. The molecule has 0 aliphatic heterocycles. The Morgan fingerprint density at radius 1 is 1.48 bits per heavy atom. The van der Waals surface area contributed by atoms with Crippen molar-refractivity contribution in [3.05, 3.63) is 24.5 Å². The summed E-state index contributed by atoms with van der Waals surface area (Å²) in [6.07, 6.45) is 4.49. The van der Waals surface area contributed by atoms with Crippen LogP contribution in [0.25, 0.3) is 0 Å². The average Bonchev–Trinajstić information content (AvgIpc) is 2.97. The molecule has 0 aliphatic rings. The van der Waals surface area contributed by atoms with Crippen LogP contribution in [0.4, 0.5) is 10.5 Å². The number of hydrogen-bond acceptors (Lipinski definition) is 5. The molecule has 0 fully saturated rings. The zero-order chi connectivity index (χ0) is 15.4. The van der Waals surface area contributed by atoms with E-state index < -0.39 is 11.9 Å². The van der Waals surface area contributed by atoms with E-state index in [1.165, 1.54) is 17.1 Å². The number of rotatable bonds is 5. The molecule has 1 unspecified atom stereocenters. The summed E-state index contributed by atoms with van der Waals surface area (Å²) in [6.45, 7) is 1.75. The largest absolute Gasteiger partial charge is 0.368 e. The minimum absolute atomic E-state index is 0.0430. The van der Waals surface area contributed by atoms with Crippen LogP contribution in [0.15, 0.2) is 18.7 Å². The van der Waals surface area contributed by atoms with Crippen molar-refractivity contribution in [1.29, 1.82) is 0 Å². The lowest BCUT2D eigenvalue weighted by Gasteiger charge is -2.12. The fourth-order valence-electron chi connectivity index (χ4n) is 1.79. The lowest BCUT2D eigenvalue weighted by atomic mass is 10.3. The van der Waals surface area contributed by atoms with Crippen molar-refractivity contribution in [2.24, 2.45) is 12.8 Å². The van der Waals surface area contributed by atoms with Crippen molar-refractivity contribution in [3.63, 3.8) is 0 Å². The first-order valence-corrected chi connectivity index (χ1v) is 6.18. The molecule has 0 spiro atoms. The SMILES string of the molecule is CC(NC(=O)Nc1cnn(CC(N)=O)c1)c1nncn1C. The molecule has 112 valence electrons. The second kappa shape index (κ2) is 6.03. The van der Waals surface area contributed by atoms with Gasteiger partial charge in [0.2, 0.25) is 5.91 Å². The summed E-state index contributed by atoms with van der Waals surface area (Å²) in [7, 11) is 1.79. The van der Waals surface area contributed by atoms with Gasteiger partial charge in [-0.25, -0.2) is 4.79 Å². The van der Waals surface area contributed by atoms with E-state index in [1.807, 2.05) is 0 Å². The summed E-state index contributed by atoms with van der Waals surface area (Å²) >= 11 is 0. The molecular formula is C11H16N8O2. The van der Waals surface area contributed by atoms with E-state index in [4.69, 9.17) is 5.73 Å². The first-order chi connectivity index (χ1) is 9.95. The Kier molecular flexibility index (Phi) is 4.16. The third-order valence-electron chi connectivity index (χ3n) is 2.69. The molecule has 2 heterocycles. The highest BCUT2D eigenvalue weighted by atomic mass is 16.2. The highest BCUT2D eigenvalue weighted by molar-refractivity contribution is 5.89. The van der Waals surface area contributed by atoms with Crippen molar-refractivity contribution in [1.82, 2.24) is 29.9 Å². The minimum Gasteiger partial charge on any atom is -0.368 e. The normalized spacial score (nSPS) is 11.9. The van der Waals surface area contributed by atoms with Crippen molar-refractivity contribution in [2.75, 3.05) is 5.32 Å². The third-order valence-corrected chi connectivity index (χ3v) is 2.69. The molecule has 21 heavy (non-hydrogen) atoms. The number of amides is 3. The van der Waals surface area contributed by atoms with Crippen LogP contribution in [0.2, 0.25) is 0 Å². The molecule has 1 atom stereocenters. The van der Waals surface area contributed by atoms with E-state index in [2.05, 4.69) is 25.9 Å². The van der Waals surface area contributed by atoms with Gasteiger partial charge in [-0.15, -0.1) is 10.2 Å². The lowest BCUT2D eigenvalue weighted by Crippen LogP contribution is -2.32. The summed E-state index contributed by atoms with van der Waals surface area (Å²) in [6, 6.07) is -0.720. The molecule has 2 rings (SSSR count). The molecule has 0 saturated heterocycles. The van der Waals surface area contributed by atoms with Crippen LogP contribution in [-0.2, 0) is 18.4 Å². The Hall–Kier alpha value is -2.91. The van der Waals surface area contributed by atoms with Crippen LogP contribution in [0.1, 0.15) is 18.8 Å². The molecule has 4 N–H and O–H groups in total. The van der Waals surface area contributed by atoms with E-state index in [9.17, 15) is 9.59 Å². The van der Waals surface area contributed by atoms with Crippen molar-refractivity contribution in [2.45, 2.75) is 19.5 Å². The van der Waals surface area contributed by atoms with Crippen LogP contribution in [0.5, 0.6) is 0 Å². The lowest BCUT2D eigenvalue weighted by molar-refractivity contribution is -0.118. The van der Waals surface area contributed by atoms with E-state index in [-0.39, 0.29) is 12.6 Å². The number of nitrogens with one attached hydrogen (secondary N) is 2. The number of hydrogen-bond donors (Lipinski definition) is 3. The van der Waals surface area contributed by atoms with Crippen LogP contribution in [0, 0.1) is 0 Å². The first-order valence-electron chi connectivity index (χ1n) is 6.18. The van der Waals surface area contributed by atoms with Gasteiger partial charge in [-0.05, 0) is 6.92 Å². The first kappa shape index (κ1) is 14.5. The van der Waals surface area contributed by atoms with Crippen molar-refractivity contribution in [3.8, 4) is 0 Å². The maximum Gasteiger partial charge on any atom is 0.319 e. The number of carbonyl (C=O) groups is 2. The topological polar surface area (TPSA) is 133 Å². The van der Waals surface area contributed by atoms with Gasteiger partial charge in [-0.3, -0.25) is 9.48 Å². The number of anilines is 1. The van der Waals surface area contributed by atoms with Crippen LogP contribution < -0.4 is 16.4 Å². The van der Waals surface area contributed by atoms with Gasteiger partial charge in [-0.2, -0.15) is 5.10 Å². The Morgan fingerprint density at radius 3 is 2.86 bits per heavy atom. The Morgan fingerprint density at radius 2 is 2.24 bits per heavy atom. The molecule has 0 saturated carbocycles. The Balaban J connectivity index is 1.91. The van der Waals surface area contributed by atoms with Crippen molar-refractivity contribution < 1.29 is 9.59 Å². The summed E-state index contributed by atoms with van der Waals surface area (Å²) in [5.74, 6) is 0.125. The van der Waals surface area contributed by atoms with Gasteiger partial charge in [0, 0.05) is 13.2 Å². The van der Waals surface area contributed by atoms with Gasteiger partial charge in [-0.1, -0.05) is 0 Å². The second-order valence-electron chi connectivity index (χ2n) is 4.51. The predicted molar refractivity (Wildman–Crippen MR) is 73.0 cm³/mol. The minimum atomic E-state index is -0.509. The van der Waals surface area contributed by atoms with Gasteiger partial charge in [0.05, 0.1) is 17.9 Å². The highest BCUT2D eigenvalue weighted by Gasteiger charge is 2.14. The van der Waals surface area contributed by atoms with Crippen LogP contribution in [-0.4, -0.2) is 36.5 Å². The monoisotopic (exact) mass is 292 g/mol. The number of nitrogens with zero attached hydrogens (tertiary/aromatic N) is 5. The molecule has 3 amide bonds. The summed E-state index contributed by atoms with van der Waals surface area (Å²) in [4.78, 5) is 22.6. The predicted octanol–water partition coefficient (Wildman–Crippen LogP) is -0.620. The number of primary amides is 1. The quantitative estimate of drug-likeness (QED) is 0.675. The van der Waals surface area contributed by atoms with E-state index in [1.54, 1.807) is 24.9 Å². The fraction of sp³-hybridized carbons (Fsp3) is 0.364. The average molecular weight is 292 g/mol. The molecule has 2 aromatic heterocycles.